The van der Waals surface area contributed by atoms with Gasteiger partial charge in [-0.15, -0.1) is 0 Å². The van der Waals surface area contributed by atoms with Crippen LogP contribution in [0.2, 0.25) is 5.02 Å². The summed E-state index contributed by atoms with van der Waals surface area (Å²) in [5.74, 6) is 0.881. The van der Waals surface area contributed by atoms with Gasteiger partial charge in [0.05, 0.1) is 0 Å². The van der Waals surface area contributed by atoms with Crippen molar-refractivity contribution in [3.63, 3.8) is 0 Å². The van der Waals surface area contributed by atoms with Gasteiger partial charge in [0.25, 0.3) is 0 Å². The topological polar surface area (TPSA) is 32.3 Å². The zero-order valence-electron chi connectivity index (χ0n) is 15.2. The number of carbonyl (C=O) groups excluding carboxylic acids is 1. The van der Waals surface area contributed by atoms with Gasteiger partial charge in [-0.2, -0.15) is 0 Å². The monoisotopic (exact) mass is 362 g/mol. The van der Waals surface area contributed by atoms with Crippen molar-refractivity contribution in [2.75, 3.05) is 13.1 Å². The third-order valence-corrected chi connectivity index (χ3v) is 6.13. The third-order valence-electron chi connectivity index (χ3n) is 5.90. The van der Waals surface area contributed by atoms with Gasteiger partial charge < -0.3 is 10.2 Å². The smallest absolute Gasteiger partial charge is 0.220 e. The summed E-state index contributed by atoms with van der Waals surface area (Å²) in [5.41, 5.74) is 1.06. The van der Waals surface area contributed by atoms with Gasteiger partial charge in [0.1, 0.15) is 0 Å². The summed E-state index contributed by atoms with van der Waals surface area (Å²) < 4.78 is 0. The number of amides is 1. The molecule has 2 fully saturated rings. The lowest BCUT2D eigenvalue weighted by molar-refractivity contribution is -0.121. The fourth-order valence-corrected chi connectivity index (χ4v) is 4.54. The largest absolute Gasteiger partial charge is 0.352 e. The van der Waals surface area contributed by atoms with Gasteiger partial charge in [0, 0.05) is 24.0 Å². The molecule has 0 radical (unpaired) electrons. The Balaban J connectivity index is 1.32. The maximum atomic E-state index is 12.1. The number of nitrogens with one attached hydrogen (secondary N) is 1. The molecule has 0 spiro atoms. The maximum absolute atomic E-state index is 12.1. The second kappa shape index (κ2) is 9.59. The Morgan fingerprint density at radius 2 is 1.88 bits per heavy atom. The van der Waals surface area contributed by atoms with Gasteiger partial charge in [-0.3, -0.25) is 4.79 Å². The molecule has 138 valence electrons. The Labute approximate surface area is 157 Å². The molecule has 4 heteroatoms. The fourth-order valence-electron chi connectivity index (χ4n) is 4.32. The van der Waals surface area contributed by atoms with E-state index in [4.69, 9.17) is 11.6 Å². The quantitative estimate of drug-likeness (QED) is 0.789. The highest BCUT2D eigenvalue weighted by molar-refractivity contribution is 6.30. The summed E-state index contributed by atoms with van der Waals surface area (Å²) in [6.45, 7) is 3.04. The van der Waals surface area contributed by atoms with Crippen molar-refractivity contribution in [2.24, 2.45) is 5.92 Å². The van der Waals surface area contributed by atoms with Crippen LogP contribution in [0.15, 0.2) is 24.3 Å². The van der Waals surface area contributed by atoms with Crippen LogP contribution in [0, 0.1) is 5.92 Å². The number of carbonyl (C=O) groups is 1. The second-order valence-electron chi connectivity index (χ2n) is 7.72. The molecule has 1 aliphatic carbocycles. The van der Waals surface area contributed by atoms with Gasteiger partial charge in [0.15, 0.2) is 0 Å². The van der Waals surface area contributed by atoms with E-state index in [2.05, 4.69) is 10.2 Å². The van der Waals surface area contributed by atoms with Crippen molar-refractivity contribution in [1.82, 2.24) is 10.2 Å². The lowest BCUT2D eigenvalue weighted by Crippen LogP contribution is -2.42. The molecular formula is C21H31ClN2O. The molecule has 1 amide bonds. The molecule has 1 aliphatic heterocycles. The molecule has 0 unspecified atom stereocenters. The summed E-state index contributed by atoms with van der Waals surface area (Å²) in [4.78, 5) is 14.8. The Morgan fingerprint density at radius 1 is 1.12 bits per heavy atom. The van der Waals surface area contributed by atoms with Crippen molar-refractivity contribution in [1.29, 1.82) is 0 Å². The lowest BCUT2D eigenvalue weighted by atomic mass is 9.88. The molecule has 0 aromatic heterocycles. The highest BCUT2D eigenvalue weighted by Gasteiger charge is 2.26. The minimum atomic E-state index is 0.162. The summed E-state index contributed by atoms with van der Waals surface area (Å²) in [5, 5.41) is 3.74. The van der Waals surface area contributed by atoms with Crippen molar-refractivity contribution >= 4 is 17.5 Å². The minimum absolute atomic E-state index is 0.162. The zero-order valence-corrected chi connectivity index (χ0v) is 15.9. The number of benzene rings is 1. The zero-order chi connectivity index (χ0) is 17.5. The fraction of sp³-hybridized carbons (Fsp3) is 0.667. The van der Waals surface area contributed by atoms with Crippen LogP contribution in [0.1, 0.15) is 63.4 Å². The van der Waals surface area contributed by atoms with Crippen LogP contribution in [0.5, 0.6) is 0 Å². The summed E-state index contributed by atoms with van der Waals surface area (Å²) in [6, 6.07) is 8.52. The minimum Gasteiger partial charge on any atom is -0.352 e. The summed E-state index contributed by atoms with van der Waals surface area (Å²) in [6.07, 6.45) is 11.3. The van der Waals surface area contributed by atoms with E-state index < -0.39 is 0 Å². The van der Waals surface area contributed by atoms with Crippen LogP contribution in [0.25, 0.3) is 0 Å². The molecule has 1 N–H and O–H groups in total. The van der Waals surface area contributed by atoms with Crippen LogP contribution in [-0.2, 0) is 11.3 Å². The Bertz CT molecular complexity index is 549. The van der Waals surface area contributed by atoms with Gasteiger partial charge in [-0.05, 0) is 68.8 Å². The molecule has 1 saturated carbocycles. The molecule has 1 heterocycles. The molecule has 3 rings (SSSR count). The van der Waals surface area contributed by atoms with Gasteiger partial charge in [-0.1, -0.05) is 43.0 Å². The van der Waals surface area contributed by atoms with E-state index in [-0.39, 0.29) is 5.91 Å². The third kappa shape index (κ3) is 6.00. The van der Waals surface area contributed by atoms with Crippen molar-refractivity contribution in [2.45, 2.75) is 70.4 Å². The molecule has 0 bridgehead atoms. The lowest BCUT2D eigenvalue weighted by Gasteiger charge is -2.39. The molecular weight excluding hydrogens is 332 g/mol. The van der Waals surface area contributed by atoms with Crippen molar-refractivity contribution < 1.29 is 4.79 Å². The Kier molecular flexibility index (Phi) is 7.18. The first kappa shape index (κ1) is 18.7. The standard InChI is InChI=1S/C21H31ClN2O/c22-19-6-4-5-18(15-19)16-23-21(25)10-9-17-11-13-24(14-12-17)20-7-2-1-3-8-20/h4-6,15,17,20H,1-3,7-14,16H2,(H,23,25). The second-order valence-corrected chi connectivity index (χ2v) is 8.15. The number of halogens is 1. The molecule has 1 aromatic rings. The van der Waals surface area contributed by atoms with Crippen molar-refractivity contribution in [3.8, 4) is 0 Å². The van der Waals surface area contributed by atoms with Crippen molar-refractivity contribution in [3.05, 3.63) is 34.9 Å². The highest BCUT2D eigenvalue weighted by Crippen LogP contribution is 2.28. The summed E-state index contributed by atoms with van der Waals surface area (Å²) >= 11 is 5.97. The van der Waals surface area contributed by atoms with E-state index in [0.717, 1.165) is 29.0 Å². The number of hydrogen-bond donors (Lipinski definition) is 1. The van der Waals surface area contributed by atoms with Gasteiger partial charge in [0.2, 0.25) is 5.91 Å². The van der Waals surface area contributed by atoms with E-state index >= 15 is 0 Å². The molecule has 1 aromatic carbocycles. The number of rotatable bonds is 6. The average molecular weight is 363 g/mol. The molecule has 25 heavy (non-hydrogen) atoms. The van der Waals surface area contributed by atoms with E-state index in [0.29, 0.717) is 13.0 Å². The van der Waals surface area contributed by atoms with Crippen LogP contribution >= 0.6 is 11.6 Å². The first-order valence-corrected chi connectivity index (χ1v) is 10.3. The Hall–Kier alpha value is -1.06. The number of hydrogen-bond acceptors (Lipinski definition) is 2. The van der Waals surface area contributed by atoms with Crippen LogP contribution in [0.4, 0.5) is 0 Å². The van der Waals surface area contributed by atoms with E-state index in [1.54, 1.807) is 0 Å². The van der Waals surface area contributed by atoms with E-state index in [9.17, 15) is 4.79 Å². The van der Waals surface area contributed by atoms with Crippen LogP contribution in [0.3, 0.4) is 0 Å². The summed E-state index contributed by atoms with van der Waals surface area (Å²) in [7, 11) is 0. The predicted octanol–water partition coefficient (Wildman–Crippen LogP) is 4.78. The molecule has 1 saturated heterocycles. The number of likely N-dealkylation sites (tertiary alicyclic amines) is 1. The molecule has 2 aliphatic rings. The van der Waals surface area contributed by atoms with Crippen LogP contribution < -0.4 is 5.32 Å². The first-order chi connectivity index (χ1) is 12.2. The normalized spacial score (nSPS) is 20.5. The maximum Gasteiger partial charge on any atom is 0.220 e. The average Bonchev–Trinajstić information content (AvgIpc) is 2.66. The number of nitrogens with zero attached hydrogens (tertiary/aromatic N) is 1. The SMILES string of the molecule is O=C(CCC1CCN(C2CCCCC2)CC1)NCc1cccc(Cl)c1. The van der Waals surface area contributed by atoms with Crippen LogP contribution in [-0.4, -0.2) is 29.9 Å². The highest BCUT2D eigenvalue weighted by atomic mass is 35.5. The number of piperidine rings is 1. The van der Waals surface area contributed by atoms with E-state index in [1.807, 2.05) is 24.3 Å². The van der Waals surface area contributed by atoms with Gasteiger partial charge >= 0.3 is 0 Å². The first-order valence-electron chi connectivity index (χ1n) is 9.96. The predicted molar refractivity (Wildman–Crippen MR) is 104 cm³/mol. The Morgan fingerprint density at radius 3 is 2.60 bits per heavy atom. The molecule has 3 nitrogen and oxygen atoms in total. The van der Waals surface area contributed by atoms with E-state index in [1.165, 1.54) is 58.0 Å². The molecule has 0 atom stereocenters. The van der Waals surface area contributed by atoms with Gasteiger partial charge in [-0.25, -0.2) is 0 Å².